The van der Waals surface area contributed by atoms with Gasteiger partial charge >= 0.3 is 0 Å². The maximum atomic E-state index is 17.8. The summed E-state index contributed by atoms with van der Waals surface area (Å²) >= 11 is 0. The first-order chi connectivity index (χ1) is 70.1. The van der Waals surface area contributed by atoms with Crippen molar-refractivity contribution in [1.82, 2.24) is 88.2 Å². The molecule has 37 heteroatoms. The molecule has 9 aromatic heterocycles. The van der Waals surface area contributed by atoms with Gasteiger partial charge in [0.15, 0.2) is 17.5 Å². The summed E-state index contributed by atoms with van der Waals surface area (Å²) in [6, 6.07) is 11.6. The number of amides is 5. The van der Waals surface area contributed by atoms with E-state index in [9.17, 15) is 28.8 Å². The largest absolute Gasteiger partial charge is 0.364 e. The molecule has 15 aromatic rings. The summed E-state index contributed by atoms with van der Waals surface area (Å²) in [5, 5.41) is 3.23. The zero-order chi connectivity index (χ0) is 105. The lowest BCUT2D eigenvalue weighted by molar-refractivity contribution is -0.132. The Labute approximate surface area is 841 Å². The summed E-state index contributed by atoms with van der Waals surface area (Å²) in [6.45, 7) is 46.0. The van der Waals surface area contributed by atoms with Gasteiger partial charge in [0.05, 0.1) is 167 Å². The van der Waals surface area contributed by atoms with Crippen LogP contribution in [0, 0.1) is 55.7 Å². The van der Waals surface area contributed by atoms with Crippen LogP contribution >= 0.6 is 0 Å². The van der Waals surface area contributed by atoms with E-state index in [0.29, 0.717) is 143 Å². The van der Waals surface area contributed by atoms with E-state index >= 15 is 35.9 Å². The predicted octanol–water partition coefficient (Wildman–Crippen LogP) is 18.1. The fourth-order valence-corrected chi connectivity index (χ4v) is 22.6. The molecule has 6 atom stereocenters. The highest BCUT2D eigenvalue weighted by molar-refractivity contribution is 6.15. The number of aryl methyl sites for hydroxylation is 3. The van der Waals surface area contributed by atoms with Gasteiger partial charge in [-0.15, -0.1) is 0 Å². The number of nitrogens with zero attached hydrogens (tertiary/aromatic N) is 19. The van der Waals surface area contributed by atoms with Gasteiger partial charge in [-0.05, 0) is 161 Å². The molecule has 0 spiro atoms. The average Bonchev–Trinajstić information content (AvgIpc) is 1.08. The number of anilines is 5. The first kappa shape index (κ1) is 99.9. The Kier molecular flexibility index (Phi) is 25.8. The highest BCUT2D eigenvalue weighted by atomic mass is 19.2. The van der Waals surface area contributed by atoms with Gasteiger partial charge in [-0.2, -0.15) is 0 Å². The molecule has 0 radical (unpaired) electrons. The standard InChI is InChI=1S/C37H38F2N8O3.C37H39F2N7O2.C36H36F2N8O3/c1-9-25(48)45-14-24-36(49)44(8)35-33(46(24)13-20(45)7)21-12-22(38)27(26-19(6)10-11-23-31(26)43-15-40-23)28(39)32(21)47(37(35)50)34-29(17(2)3)41-16-42-30(34)18(4)5;1-8-27(47)44-15-22-10-11-23-34(45(22)14-21(44)7)24-13-25(38)29(28-20(6)9-12-26-33(28)43-16-40-26)30(39)35(24)46(37(23)48)36-31(18(2)3)41-17-42-32(36)19(4)5;1-8-24(47)44-13-23-35(48)43-31-33(45(23)12-19(44)7)20-11-21(37)26(25-18(6)9-10-22-30(25)42-14-39-22)27(38)32(20)46(36(31)49)34-28(16(2)3)40-15-41-29(34)17(4)5/h9-12,15-18,20,24H,1,13-14H2,2-8H3,(H,40,43);8-9,12-13,16-19,21-22H,1,10-11,14-15H2,2-7H3,(H,40,43);8-11,14-17,19,23H,1,12-13H2,2-7H3,(H,39,42)(H,43,48). The Morgan fingerprint density at radius 2 is 0.714 bits per heavy atom. The zero-order valence-corrected chi connectivity index (χ0v) is 85.1. The van der Waals surface area contributed by atoms with Gasteiger partial charge < -0.3 is 54.6 Å². The van der Waals surface area contributed by atoms with Crippen LogP contribution in [0.1, 0.15) is 202 Å². The monoisotopic (exact) mass is 2000 g/mol. The summed E-state index contributed by atoms with van der Waals surface area (Å²) in [5.74, 6) is -8.15. The number of aromatic amines is 3. The second-order valence-electron chi connectivity index (χ2n) is 40.8. The fraction of sp³-hybridized carbons (Fsp3) is 0.355. The maximum absolute atomic E-state index is 17.8. The predicted molar refractivity (Wildman–Crippen MR) is 557 cm³/mol. The second-order valence-corrected chi connectivity index (χ2v) is 40.8. The lowest BCUT2D eigenvalue weighted by Crippen LogP contribution is -2.66. The van der Waals surface area contributed by atoms with Gasteiger partial charge in [-0.1, -0.05) is 121 Å². The molecule has 6 aliphatic rings. The normalized spacial score (nSPS) is 17.7. The zero-order valence-electron chi connectivity index (χ0n) is 85.1. The molecule has 21 rings (SSSR count). The van der Waals surface area contributed by atoms with Crippen LogP contribution in [0.4, 0.5) is 54.8 Å². The highest BCUT2D eigenvalue weighted by Crippen LogP contribution is 2.52. The molecule has 31 nitrogen and oxygen atoms in total. The minimum Gasteiger partial charge on any atom is -0.364 e. The van der Waals surface area contributed by atoms with E-state index in [2.05, 4.69) is 89.8 Å². The summed E-state index contributed by atoms with van der Waals surface area (Å²) in [5.41, 5.74) is 8.05. The minimum absolute atomic E-state index is 0.00410. The van der Waals surface area contributed by atoms with Crippen molar-refractivity contribution in [3.63, 3.8) is 0 Å². The molecule has 0 saturated carbocycles. The SMILES string of the molecule is C=CC(=O)N1CC2C(=O)N(C)c3c(c4cc(F)c(-c5c(C)ccc6[nH]cnc56)c(F)c4n(-c4c(C(C)C)ncnc4C(C)C)c3=O)N2CC1C.C=CC(=O)N1CC2C(=O)Nc3c(c4cc(F)c(-c5c(C)ccc6[nH]cnc56)c(F)c4n(-c4c(C(C)C)ncnc4C(C)C)c3=O)N2CC1C.C=CC(=O)N1CC2CCc3c(c4cc(F)c(-c5c(C)ccc6[nH]cnc56)c(F)c4n(-c4c(C(C)C)ncnc4C(C)C)c3=O)N2CC1C. The van der Waals surface area contributed by atoms with Crippen molar-refractivity contribution in [2.45, 2.75) is 209 Å². The van der Waals surface area contributed by atoms with Crippen LogP contribution in [0.15, 0.2) is 145 Å². The van der Waals surface area contributed by atoms with E-state index in [1.807, 2.05) is 110 Å². The van der Waals surface area contributed by atoms with Crippen molar-refractivity contribution in [3.05, 3.63) is 253 Å². The van der Waals surface area contributed by atoms with Gasteiger partial charge in [0.25, 0.3) is 22.6 Å². The topological polar surface area (TPSA) is 349 Å². The maximum Gasteiger partial charge on any atom is 0.281 e. The van der Waals surface area contributed by atoms with Crippen LogP contribution in [-0.4, -0.2) is 200 Å². The van der Waals surface area contributed by atoms with Crippen LogP contribution in [0.5, 0.6) is 0 Å². The van der Waals surface area contributed by atoms with Crippen LogP contribution in [0.2, 0.25) is 0 Å². The van der Waals surface area contributed by atoms with Gasteiger partial charge in [0.1, 0.15) is 59.9 Å². The van der Waals surface area contributed by atoms with E-state index in [1.54, 1.807) is 70.7 Å². The summed E-state index contributed by atoms with van der Waals surface area (Å²) < 4.78 is 107. The lowest BCUT2D eigenvalue weighted by Gasteiger charge is -2.50. The number of carbonyl (C=O) groups excluding carboxylic acids is 5. The quantitative estimate of drug-likeness (QED) is 0.0547. The van der Waals surface area contributed by atoms with Gasteiger partial charge in [0, 0.05) is 95.8 Å². The number of hydrogen-bond acceptors (Lipinski definition) is 20. The molecular formula is C110H113F6N23O8. The van der Waals surface area contributed by atoms with E-state index < -0.39 is 82.0 Å². The molecule has 6 unspecified atom stereocenters. The third-order valence-corrected chi connectivity index (χ3v) is 29.6. The Balaban J connectivity index is 0.000000139. The Morgan fingerprint density at radius 1 is 0.388 bits per heavy atom. The lowest BCUT2D eigenvalue weighted by atomic mass is 9.89. The van der Waals surface area contributed by atoms with Gasteiger partial charge in [0.2, 0.25) is 23.6 Å². The number of pyridine rings is 3. The Morgan fingerprint density at radius 3 is 1.08 bits per heavy atom. The van der Waals surface area contributed by atoms with Crippen LogP contribution in [0.25, 0.3) is 116 Å². The number of piperazine rings is 3. The van der Waals surface area contributed by atoms with Crippen LogP contribution in [0.3, 0.4) is 0 Å². The van der Waals surface area contributed by atoms with E-state index in [0.717, 1.165) is 0 Å². The molecular weight excluding hydrogens is 1890 g/mol. The van der Waals surface area contributed by atoms with Crippen molar-refractivity contribution in [2.24, 2.45) is 0 Å². The first-order valence-electron chi connectivity index (χ1n) is 49.4. The van der Waals surface area contributed by atoms with Gasteiger partial charge in [-0.3, -0.25) is 52.1 Å². The van der Waals surface area contributed by atoms with Crippen molar-refractivity contribution >= 4 is 124 Å². The average molecular weight is 2000 g/mol. The Bertz CT molecular complexity index is 8260. The number of halogens is 6. The van der Waals surface area contributed by atoms with Crippen molar-refractivity contribution in [2.75, 3.05) is 71.2 Å². The molecule has 147 heavy (non-hydrogen) atoms. The minimum atomic E-state index is -0.969. The fourth-order valence-electron chi connectivity index (χ4n) is 22.6. The number of carbonyl (C=O) groups is 5. The number of hydrogen-bond donors (Lipinski definition) is 4. The van der Waals surface area contributed by atoms with Gasteiger partial charge in [-0.25, -0.2) is 71.2 Å². The van der Waals surface area contributed by atoms with Crippen LogP contribution < -0.4 is 41.6 Å². The molecule has 3 fully saturated rings. The summed E-state index contributed by atoms with van der Waals surface area (Å²) in [6.07, 6.45) is 13.4. The number of likely N-dealkylation sites (N-methyl/N-ethyl adjacent to an activating group) is 1. The van der Waals surface area contributed by atoms with Crippen molar-refractivity contribution < 1.29 is 50.3 Å². The number of rotatable bonds is 15. The molecule has 4 N–H and O–H groups in total. The molecule has 15 heterocycles. The van der Waals surface area contributed by atoms with E-state index in [4.69, 9.17) is 0 Å². The molecule has 758 valence electrons. The molecule has 3 saturated heterocycles. The molecule has 6 aromatic carbocycles. The third kappa shape index (κ3) is 15.9. The number of aromatic nitrogens is 15. The van der Waals surface area contributed by atoms with Crippen LogP contribution in [-0.2, 0) is 30.4 Å². The highest BCUT2D eigenvalue weighted by Gasteiger charge is 2.50. The van der Waals surface area contributed by atoms with Crippen molar-refractivity contribution in [1.29, 1.82) is 0 Å². The third-order valence-electron chi connectivity index (χ3n) is 29.6. The van der Waals surface area contributed by atoms with E-state index in [1.165, 1.54) is 105 Å². The number of fused-ring (bicyclic) bond motifs is 18. The summed E-state index contributed by atoms with van der Waals surface area (Å²) in [4.78, 5) is 172. The number of H-pyrrole nitrogens is 3. The number of benzene rings is 6. The molecule has 0 bridgehead atoms. The Hall–Kier alpha value is -15.9. The van der Waals surface area contributed by atoms with E-state index in [-0.39, 0.29) is 181 Å². The number of nitrogens with one attached hydrogen (secondary N) is 4. The molecule has 5 amide bonds. The molecule has 6 aliphatic heterocycles. The smallest absolute Gasteiger partial charge is 0.281 e. The summed E-state index contributed by atoms with van der Waals surface area (Å²) in [7, 11) is 1.48. The second kappa shape index (κ2) is 38.0. The first-order valence-corrected chi connectivity index (χ1v) is 49.4. The number of imidazole rings is 3. The molecule has 0 aliphatic carbocycles. The van der Waals surface area contributed by atoms with Crippen molar-refractivity contribution in [3.8, 4) is 50.4 Å².